The summed E-state index contributed by atoms with van der Waals surface area (Å²) >= 11 is 0. The molecule has 0 saturated heterocycles. The molecule has 0 unspecified atom stereocenters. The van der Waals surface area contributed by atoms with Gasteiger partial charge in [-0.2, -0.15) is 0 Å². The number of carbonyl (C=O) groups is 1. The number of carbonyl (C=O) groups excluding carboxylic acids is 1. The Hall–Kier alpha value is -2.49. The van der Waals surface area contributed by atoms with Crippen LogP contribution in [0.25, 0.3) is 11.0 Å². The molecule has 100 valence electrons. The number of halogens is 1. The Kier molecular flexibility index (Phi) is 3.29. The minimum absolute atomic E-state index is 0.422. The number of aldehydes is 1. The van der Waals surface area contributed by atoms with Crippen LogP contribution in [0.5, 0.6) is 0 Å². The zero-order valence-electron chi connectivity index (χ0n) is 10.8. The van der Waals surface area contributed by atoms with Gasteiger partial charge in [0, 0.05) is 12.1 Å². The average molecular weight is 268 g/mol. The number of imidazole rings is 1. The Morgan fingerprint density at radius 3 is 2.55 bits per heavy atom. The summed E-state index contributed by atoms with van der Waals surface area (Å²) in [5.74, 6) is 0.422. The minimum atomic E-state index is -0.596. The van der Waals surface area contributed by atoms with Gasteiger partial charge < -0.3 is 4.57 Å². The molecule has 0 saturated carbocycles. The van der Waals surface area contributed by atoms with Crippen LogP contribution in [-0.4, -0.2) is 15.8 Å². The first-order chi connectivity index (χ1) is 9.81. The van der Waals surface area contributed by atoms with E-state index in [9.17, 15) is 9.18 Å². The number of hydrogen-bond acceptors (Lipinski definition) is 2. The lowest BCUT2D eigenvalue weighted by Crippen LogP contribution is -2.04. The van der Waals surface area contributed by atoms with Crippen molar-refractivity contribution in [2.24, 2.45) is 0 Å². The lowest BCUT2D eigenvalue weighted by Gasteiger charge is -2.07. The first kappa shape index (κ1) is 12.5. The molecular formula is C16H13FN2O. The molecule has 3 aromatic rings. The fourth-order valence-electron chi connectivity index (χ4n) is 2.29. The highest BCUT2D eigenvalue weighted by Gasteiger charge is 2.10. The number of hydrogen-bond donors (Lipinski definition) is 0. The van der Waals surface area contributed by atoms with Crippen molar-refractivity contribution in [1.29, 1.82) is 0 Å². The Morgan fingerprint density at radius 2 is 1.85 bits per heavy atom. The van der Waals surface area contributed by atoms with Gasteiger partial charge in [-0.05, 0) is 17.7 Å². The number of rotatable bonds is 4. The zero-order chi connectivity index (χ0) is 13.9. The maximum atomic E-state index is 13.1. The lowest BCUT2D eigenvalue weighted by atomic mass is 10.1. The SMILES string of the molecule is O=Cc1ccc(Cn2c(CF)nc3ccccc32)cc1. The monoisotopic (exact) mass is 268 g/mol. The molecule has 20 heavy (non-hydrogen) atoms. The molecule has 2 aromatic carbocycles. The summed E-state index contributed by atoms with van der Waals surface area (Å²) in [4.78, 5) is 14.9. The maximum Gasteiger partial charge on any atom is 0.150 e. The number of aromatic nitrogens is 2. The summed E-state index contributed by atoms with van der Waals surface area (Å²) in [5.41, 5.74) is 3.35. The number of nitrogens with zero attached hydrogens (tertiary/aromatic N) is 2. The predicted octanol–water partition coefficient (Wildman–Crippen LogP) is 3.37. The second-order valence-corrected chi connectivity index (χ2v) is 4.60. The van der Waals surface area contributed by atoms with E-state index >= 15 is 0 Å². The van der Waals surface area contributed by atoms with Gasteiger partial charge in [-0.1, -0.05) is 36.4 Å². The Balaban J connectivity index is 2.02. The third-order valence-corrected chi connectivity index (χ3v) is 3.31. The van der Waals surface area contributed by atoms with E-state index in [4.69, 9.17) is 0 Å². The molecule has 0 atom stereocenters. The molecule has 0 aliphatic carbocycles. The van der Waals surface area contributed by atoms with E-state index in [2.05, 4.69) is 4.98 Å². The molecule has 0 radical (unpaired) electrons. The number of fused-ring (bicyclic) bond motifs is 1. The molecule has 0 bridgehead atoms. The van der Waals surface area contributed by atoms with Gasteiger partial charge in [0.05, 0.1) is 11.0 Å². The van der Waals surface area contributed by atoms with Crippen molar-refractivity contribution in [3.63, 3.8) is 0 Å². The van der Waals surface area contributed by atoms with Crippen LogP contribution in [0.15, 0.2) is 48.5 Å². The molecule has 0 amide bonds. The van der Waals surface area contributed by atoms with Crippen molar-refractivity contribution in [2.45, 2.75) is 13.2 Å². The Morgan fingerprint density at radius 1 is 1.10 bits per heavy atom. The quantitative estimate of drug-likeness (QED) is 0.680. The third kappa shape index (κ3) is 2.20. The van der Waals surface area contributed by atoms with Crippen LogP contribution < -0.4 is 0 Å². The van der Waals surface area contributed by atoms with Crippen molar-refractivity contribution < 1.29 is 9.18 Å². The molecular weight excluding hydrogens is 255 g/mol. The van der Waals surface area contributed by atoms with E-state index < -0.39 is 6.67 Å². The van der Waals surface area contributed by atoms with Crippen LogP contribution in [-0.2, 0) is 13.2 Å². The highest BCUT2D eigenvalue weighted by molar-refractivity contribution is 5.76. The van der Waals surface area contributed by atoms with E-state index in [1.54, 1.807) is 12.1 Å². The molecule has 0 aliphatic heterocycles. The van der Waals surface area contributed by atoms with Crippen molar-refractivity contribution in [2.75, 3.05) is 0 Å². The van der Waals surface area contributed by atoms with E-state index in [0.29, 0.717) is 17.9 Å². The molecule has 1 heterocycles. The van der Waals surface area contributed by atoms with Gasteiger partial charge >= 0.3 is 0 Å². The molecule has 1 aromatic heterocycles. The fourth-order valence-corrected chi connectivity index (χ4v) is 2.29. The van der Waals surface area contributed by atoms with Crippen molar-refractivity contribution in [3.8, 4) is 0 Å². The van der Waals surface area contributed by atoms with Gasteiger partial charge in [-0.25, -0.2) is 9.37 Å². The fraction of sp³-hybridized carbons (Fsp3) is 0.125. The van der Waals surface area contributed by atoms with Gasteiger partial charge in [0.15, 0.2) is 0 Å². The summed E-state index contributed by atoms with van der Waals surface area (Å²) in [6.45, 7) is -0.0556. The summed E-state index contributed by atoms with van der Waals surface area (Å²) in [5, 5.41) is 0. The van der Waals surface area contributed by atoms with E-state index in [-0.39, 0.29) is 0 Å². The lowest BCUT2D eigenvalue weighted by molar-refractivity contribution is 0.112. The van der Waals surface area contributed by atoms with Gasteiger partial charge in [-0.15, -0.1) is 0 Å². The third-order valence-electron chi connectivity index (χ3n) is 3.31. The summed E-state index contributed by atoms with van der Waals surface area (Å²) in [7, 11) is 0. The first-order valence-electron chi connectivity index (χ1n) is 6.36. The van der Waals surface area contributed by atoms with Crippen LogP contribution in [0.1, 0.15) is 21.7 Å². The zero-order valence-corrected chi connectivity index (χ0v) is 10.8. The normalized spacial score (nSPS) is 10.8. The van der Waals surface area contributed by atoms with E-state index in [0.717, 1.165) is 22.9 Å². The van der Waals surface area contributed by atoms with Crippen molar-refractivity contribution in [3.05, 3.63) is 65.5 Å². The highest BCUT2D eigenvalue weighted by atomic mass is 19.1. The average Bonchev–Trinajstić information content (AvgIpc) is 2.86. The standard InChI is InChI=1S/C16H13FN2O/c17-9-16-18-14-3-1-2-4-15(14)19(16)10-12-5-7-13(11-20)8-6-12/h1-8,11H,9-10H2. The number of alkyl halides is 1. The Labute approximate surface area is 115 Å². The van der Waals surface area contributed by atoms with Gasteiger partial charge in [0.1, 0.15) is 18.8 Å². The molecule has 0 spiro atoms. The molecule has 4 heteroatoms. The maximum absolute atomic E-state index is 13.1. The largest absolute Gasteiger partial charge is 0.321 e. The van der Waals surface area contributed by atoms with Gasteiger partial charge in [0.25, 0.3) is 0 Å². The number of benzene rings is 2. The van der Waals surface area contributed by atoms with Gasteiger partial charge in [0.2, 0.25) is 0 Å². The topological polar surface area (TPSA) is 34.9 Å². The molecule has 0 fully saturated rings. The second kappa shape index (κ2) is 5.25. The van der Waals surface area contributed by atoms with Crippen LogP contribution in [0, 0.1) is 0 Å². The van der Waals surface area contributed by atoms with Crippen LogP contribution in [0.3, 0.4) is 0 Å². The summed E-state index contributed by atoms with van der Waals surface area (Å²) < 4.78 is 15.0. The Bertz CT molecular complexity index is 747. The van der Waals surface area contributed by atoms with Crippen LogP contribution >= 0.6 is 0 Å². The number of para-hydroxylation sites is 2. The molecule has 0 N–H and O–H groups in total. The minimum Gasteiger partial charge on any atom is -0.321 e. The van der Waals surface area contributed by atoms with Crippen molar-refractivity contribution >= 4 is 17.3 Å². The second-order valence-electron chi connectivity index (χ2n) is 4.60. The van der Waals surface area contributed by atoms with Crippen LogP contribution in [0.2, 0.25) is 0 Å². The van der Waals surface area contributed by atoms with E-state index in [1.807, 2.05) is 41.0 Å². The first-order valence-corrected chi connectivity index (χ1v) is 6.36. The summed E-state index contributed by atoms with van der Waals surface area (Å²) in [6.07, 6.45) is 0.809. The molecule has 3 nitrogen and oxygen atoms in total. The van der Waals surface area contributed by atoms with Crippen LogP contribution in [0.4, 0.5) is 4.39 Å². The molecule has 3 rings (SSSR count). The van der Waals surface area contributed by atoms with E-state index in [1.165, 1.54) is 0 Å². The van der Waals surface area contributed by atoms with Gasteiger partial charge in [-0.3, -0.25) is 4.79 Å². The smallest absolute Gasteiger partial charge is 0.150 e. The molecule has 0 aliphatic rings. The van der Waals surface area contributed by atoms with Crippen molar-refractivity contribution in [1.82, 2.24) is 9.55 Å². The highest BCUT2D eigenvalue weighted by Crippen LogP contribution is 2.18. The predicted molar refractivity (Wildman–Crippen MR) is 75.5 cm³/mol. The summed E-state index contributed by atoms with van der Waals surface area (Å²) in [6, 6.07) is 14.9.